The van der Waals surface area contributed by atoms with Crippen LogP contribution in [-0.2, 0) is 12.4 Å². The molecule has 2 aromatic rings. The zero-order chi connectivity index (χ0) is 21.1. The standard InChI is InChI=1S/C16H16ClF6N5/c1-28(2)7-6-24-14-25-11(16(21,22)23)8-12(27-14)26-13-9(15(18,19)20)4-3-5-10(13)17/h3-5,8H,6-7H2,1-2H3,(H2,24,25,26,27). The predicted octanol–water partition coefficient (Wildman–Crippen LogP) is 4.88. The second kappa shape index (κ2) is 8.39. The Bertz CT molecular complexity index is 822. The molecular formula is C16H16ClF6N5. The van der Waals surface area contributed by atoms with Gasteiger partial charge in [-0.15, -0.1) is 0 Å². The first kappa shape index (κ1) is 22.0. The molecule has 0 aliphatic carbocycles. The van der Waals surface area contributed by atoms with Crippen LogP contribution in [0, 0.1) is 0 Å². The van der Waals surface area contributed by atoms with Gasteiger partial charge in [0.05, 0.1) is 16.3 Å². The monoisotopic (exact) mass is 427 g/mol. The number of hydrogen-bond acceptors (Lipinski definition) is 5. The highest BCUT2D eigenvalue weighted by molar-refractivity contribution is 6.33. The van der Waals surface area contributed by atoms with Crippen LogP contribution >= 0.6 is 11.6 Å². The lowest BCUT2D eigenvalue weighted by molar-refractivity contribution is -0.141. The Balaban J connectivity index is 2.43. The average Bonchev–Trinajstić information content (AvgIpc) is 2.54. The third kappa shape index (κ3) is 5.86. The van der Waals surface area contributed by atoms with Gasteiger partial charge in [-0.2, -0.15) is 31.3 Å². The molecule has 0 atom stereocenters. The molecule has 5 nitrogen and oxygen atoms in total. The summed E-state index contributed by atoms with van der Waals surface area (Å²) in [5.41, 5.74) is -3.03. The third-order valence-electron chi connectivity index (χ3n) is 3.43. The van der Waals surface area contributed by atoms with Crippen molar-refractivity contribution in [3.63, 3.8) is 0 Å². The van der Waals surface area contributed by atoms with E-state index < -0.39 is 35.1 Å². The van der Waals surface area contributed by atoms with Crippen LogP contribution in [0.3, 0.4) is 0 Å². The molecule has 0 amide bonds. The van der Waals surface area contributed by atoms with E-state index >= 15 is 0 Å². The van der Waals surface area contributed by atoms with Crippen molar-refractivity contribution in [3.05, 3.63) is 40.5 Å². The molecule has 0 fully saturated rings. The molecule has 2 rings (SSSR count). The van der Waals surface area contributed by atoms with Crippen molar-refractivity contribution in [1.82, 2.24) is 14.9 Å². The highest BCUT2D eigenvalue weighted by Gasteiger charge is 2.36. The first-order valence-corrected chi connectivity index (χ1v) is 8.23. The van der Waals surface area contributed by atoms with Gasteiger partial charge < -0.3 is 15.5 Å². The summed E-state index contributed by atoms with van der Waals surface area (Å²) in [5.74, 6) is -0.854. The highest BCUT2D eigenvalue weighted by atomic mass is 35.5. The van der Waals surface area contributed by atoms with Crippen molar-refractivity contribution < 1.29 is 26.3 Å². The van der Waals surface area contributed by atoms with Gasteiger partial charge in [-0.3, -0.25) is 0 Å². The molecule has 154 valence electrons. The van der Waals surface area contributed by atoms with Gasteiger partial charge in [0.25, 0.3) is 0 Å². The van der Waals surface area contributed by atoms with E-state index in [1.165, 1.54) is 6.07 Å². The molecule has 28 heavy (non-hydrogen) atoms. The number of rotatable bonds is 6. The minimum atomic E-state index is -4.81. The number of nitrogens with zero attached hydrogens (tertiary/aromatic N) is 3. The molecule has 0 aliphatic heterocycles. The zero-order valence-corrected chi connectivity index (χ0v) is 15.5. The Morgan fingerprint density at radius 1 is 1.04 bits per heavy atom. The van der Waals surface area contributed by atoms with E-state index in [0.29, 0.717) is 12.6 Å². The minimum absolute atomic E-state index is 0.230. The van der Waals surface area contributed by atoms with Crippen molar-refractivity contribution in [2.75, 3.05) is 37.8 Å². The molecule has 0 saturated carbocycles. The lowest BCUT2D eigenvalue weighted by Gasteiger charge is -2.17. The zero-order valence-electron chi connectivity index (χ0n) is 14.7. The van der Waals surface area contributed by atoms with Crippen molar-refractivity contribution in [2.24, 2.45) is 0 Å². The molecule has 1 aromatic heterocycles. The quantitative estimate of drug-likeness (QED) is 0.643. The molecule has 0 radical (unpaired) electrons. The van der Waals surface area contributed by atoms with Crippen molar-refractivity contribution in [2.45, 2.75) is 12.4 Å². The van der Waals surface area contributed by atoms with Crippen LogP contribution in [0.1, 0.15) is 11.3 Å². The number of hydrogen-bond donors (Lipinski definition) is 2. The highest BCUT2D eigenvalue weighted by Crippen LogP contribution is 2.40. The SMILES string of the molecule is CN(C)CCNc1nc(Nc2c(Cl)cccc2C(F)(F)F)cc(C(F)(F)F)n1. The summed E-state index contributed by atoms with van der Waals surface area (Å²) in [6.07, 6.45) is -9.58. The summed E-state index contributed by atoms with van der Waals surface area (Å²) in [6, 6.07) is 3.55. The van der Waals surface area contributed by atoms with Crippen LogP contribution < -0.4 is 10.6 Å². The number of halogens is 7. The molecule has 0 bridgehead atoms. The van der Waals surface area contributed by atoms with Gasteiger partial charge in [0.2, 0.25) is 5.95 Å². The van der Waals surface area contributed by atoms with Crippen molar-refractivity contribution in [3.8, 4) is 0 Å². The molecule has 0 aliphatic rings. The lowest BCUT2D eigenvalue weighted by Crippen LogP contribution is -2.22. The number of anilines is 3. The molecule has 1 aromatic carbocycles. The van der Waals surface area contributed by atoms with E-state index in [1.54, 1.807) is 19.0 Å². The van der Waals surface area contributed by atoms with Gasteiger partial charge in [-0.1, -0.05) is 17.7 Å². The Hall–Kier alpha value is -2.27. The summed E-state index contributed by atoms with van der Waals surface area (Å²) < 4.78 is 79.0. The summed E-state index contributed by atoms with van der Waals surface area (Å²) >= 11 is 5.82. The fraction of sp³-hybridized carbons (Fsp3) is 0.375. The van der Waals surface area contributed by atoms with Crippen molar-refractivity contribution in [1.29, 1.82) is 0 Å². The van der Waals surface area contributed by atoms with E-state index in [4.69, 9.17) is 11.6 Å². The fourth-order valence-corrected chi connectivity index (χ4v) is 2.36. The Labute approximate surface area is 161 Å². The van der Waals surface area contributed by atoms with E-state index in [1.807, 2.05) is 0 Å². The Morgan fingerprint density at radius 2 is 1.71 bits per heavy atom. The van der Waals surface area contributed by atoms with Gasteiger partial charge in [0.1, 0.15) is 5.82 Å². The second-order valence-electron chi connectivity index (χ2n) is 5.97. The van der Waals surface area contributed by atoms with E-state index in [-0.39, 0.29) is 17.5 Å². The van der Waals surface area contributed by atoms with Crippen LogP contribution in [0.15, 0.2) is 24.3 Å². The third-order valence-corrected chi connectivity index (χ3v) is 3.75. The largest absolute Gasteiger partial charge is 0.433 e. The molecular weight excluding hydrogens is 412 g/mol. The molecule has 2 N–H and O–H groups in total. The summed E-state index contributed by atoms with van der Waals surface area (Å²) in [4.78, 5) is 8.98. The number of likely N-dealkylation sites (N-methyl/N-ethyl adjacent to an activating group) is 1. The van der Waals surface area contributed by atoms with Crippen LogP contribution in [-0.4, -0.2) is 42.1 Å². The Kier molecular flexibility index (Phi) is 6.60. The predicted molar refractivity (Wildman–Crippen MR) is 93.8 cm³/mol. The van der Waals surface area contributed by atoms with E-state index in [2.05, 4.69) is 20.6 Å². The van der Waals surface area contributed by atoms with Crippen LogP contribution in [0.5, 0.6) is 0 Å². The maximum Gasteiger partial charge on any atom is 0.433 e. The molecule has 0 unspecified atom stereocenters. The number of benzene rings is 1. The molecule has 12 heteroatoms. The first-order chi connectivity index (χ1) is 12.9. The summed E-state index contributed by atoms with van der Waals surface area (Å²) in [5, 5.41) is 4.55. The molecule has 0 spiro atoms. The lowest BCUT2D eigenvalue weighted by atomic mass is 10.1. The molecule has 1 heterocycles. The maximum absolute atomic E-state index is 13.2. The van der Waals surface area contributed by atoms with Gasteiger partial charge in [-0.25, -0.2) is 4.98 Å². The first-order valence-electron chi connectivity index (χ1n) is 7.85. The normalized spacial score (nSPS) is 12.4. The van der Waals surface area contributed by atoms with Gasteiger partial charge in [0, 0.05) is 19.2 Å². The van der Waals surface area contributed by atoms with Gasteiger partial charge >= 0.3 is 12.4 Å². The maximum atomic E-state index is 13.2. The van der Waals surface area contributed by atoms with Crippen LogP contribution in [0.4, 0.5) is 43.8 Å². The fourth-order valence-electron chi connectivity index (χ4n) is 2.14. The topological polar surface area (TPSA) is 53.1 Å². The van der Waals surface area contributed by atoms with E-state index in [9.17, 15) is 26.3 Å². The van der Waals surface area contributed by atoms with Gasteiger partial charge in [0.15, 0.2) is 5.69 Å². The number of nitrogens with one attached hydrogen (secondary N) is 2. The number of alkyl halides is 6. The van der Waals surface area contributed by atoms with Gasteiger partial charge in [-0.05, 0) is 26.2 Å². The minimum Gasteiger partial charge on any atom is -0.353 e. The van der Waals surface area contributed by atoms with Crippen LogP contribution in [0.25, 0.3) is 0 Å². The Morgan fingerprint density at radius 3 is 2.29 bits per heavy atom. The number of para-hydroxylation sites is 1. The smallest absolute Gasteiger partial charge is 0.353 e. The summed E-state index contributed by atoms with van der Waals surface area (Å²) in [6.45, 7) is 0.707. The van der Waals surface area contributed by atoms with E-state index in [0.717, 1.165) is 12.1 Å². The second-order valence-corrected chi connectivity index (χ2v) is 6.38. The van der Waals surface area contributed by atoms with Crippen molar-refractivity contribution >= 4 is 29.1 Å². The van der Waals surface area contributed by atoms with Crippen LogP contribution in [0.2, 0.25) is 5.02 Å². The molecule has 0 saturated heterocycles. The summed E-state index contributed by atoms with van der Waals surface area (Å²) in [7, 11) is 3.52. The average molecular weight is 428 g/mol. The number of aromatic nitrogens is 2.